The minimum Gasteiger partial charge on any atom is -0.469 e. The van der Waals surface area contributed by atoms with Crippen molar-refractivity contribution in [1.29, 1.82) is 0 Å². The third-order valence-electron chi connectivity index (χ3n) is 4.67. The van der Waals surface area contributed by atoms with E-state index in [1.54, 1.807) is 11.6 Å². The molecule has 0 saturated carbocycles. The van der Waals surface area contributed by atoms with Gasteiger partial charge in [0.15, 0.2) is 5.82 Å². The van der Waals surface area contributed by atoms with E-state index in [0.29, 0.717) is 17.1 Å². The van der Waals surface area contributed by atoms with Gasteiger partial charge in [-0.3, -0.25) is 25.2 Å². The predicted molar refractivity (Wildman–Crippen MR) is 118 cm³/mol. The number of nitrogens with one attached hydrogen (secondary N) is 3. The number of amides is 3. The van der Waals surface area contributed by atoms with Crippen LogP contribution >= 0.6 is 0 Å². The minimum atomic E-state index is -0.702. The number of hydrogen-bond acceptors (Lipinski definition) is 6. The molecule has 0 fully saturated rings. The van der Waals surface area contributed by atoms with Gasteiger partial charge in [-0.2, -0.15) is 0 Å². The van der Waals surface area contributed by atoms with Crippen LogP contribution in [0.4, 0.5) is 0 Å². The fourth-order valence-corrected chi connectivity index (χ4v) is 3.03. The Morgan fingerprint density at radius 1 is 0.909 bits per heavy atom. The third kappa shape index (κ3) is 4.96. The molecule has 0 spiro atoms. The van der Waals surface area contributed by atoms with Crippen molar-refractivity contribution in [2.24, 2.45) is 0 Å². The van der Waals surface area contributed by atoms with E-state index in [9.17, 15) is 14.4 Å². The number of carbonyl (C=O) groups excluding carboxylic acids is 3. The molecule has 3 N–H and O–H groups in total. The number of carbonyl (C=O) groups is 3. The van der Waals surface area contributed by atoms with Gasteiger partial charge in [0.2, 0.25) is 5.82 Å². The van der Waals surface area contributed by atoms with Crippen LogP contribution in [0, 0.1) is 6.92 Å². The van der Waals surface area contributed by atoms with Crippen molar-refractivity contribution in [2.45, 2.75) is 6.92 Å². The van der Waals surface area contributed by atoms with E-state index in [2.05, 4.69) is 26.3 Å². The zero-order chi connectivity index (χ0) is 23.2. The highest BCUT2D eigenvalue weighted by Crippen LogP contribution is 2.20. The molecule has 10 heteroatoms. The smallest absolute Gasteiger partial charge is 0.309 e. The van der Waals surface area contributed by atoms with Crippen LogP contribution in [0.2, 0.25) is 0 Å². The summed E-state index contributed by atoms with van der Waals surface area (Å²) in [5.74, 6) is -0.998. The number of nitrogens with zero attached hydrogens (tertiary/aromatic N) is 3. The Morgan fingerprint density at radius 3 is 2.27 bits per heavy atom. The number of aryl methyl sites for hydroxylation is 1. The molecule has 0 aliphatic heterocycles. The molecule has 166 valence electrons. The lowest BCUT2D eigenvalue weighted by Gasteiger charge is -2.06. The molecular formula is C23H20N6O4. The van der Waals surface area contributed by atoms with Crippen molar-refractivity contribution in [1.82, 2.24) is 30.9 Å². The maximum Gasteiger partial charge on any atom is 0.309 e. The highest BCUT2D eigenvalue weighted by molar-refractivity contribution is 5.97. The summed E-state index contributed by atoms with van der Waals surface area (Å²) in [6.45, 7) is 1.30. The lowest BCUT2D eigenvalue weighted by atomic mass is 10.2. The molecule has 4 aromatic rings. The van der Waals surface area contributed by atoms with Crippen LogP contribution in [-0.2, 0) is 4.79 Å². The molecule has 2 heterocycles. The van der Waals surface area contributed by atoms with Crippen molar-refractivity contribution in [2.75, 3.05) is 6.54 Å². The monoisotopic (exact) mass is 444 g/mol. The summed E-state index contributed by atoms with van der Waals surface area (Å²) in [5.41, 5.74) is 6.33. The first-order valence-electron chi connectivity index (χ1n) is 10.0. The summed E-state index contributed by atoms with van der Waals surface area (Å²) in [7, 11) is 0. The lowest BCUT2D eigenvalue weighted by molar-refractivity contribution is -0.120. The van der Waals surface area contributed by atoms with E-state index < -0.39 is 17.7 Å². The molecule has 2 aromatic carbocycles. The molecule has 0 saturated heterocycles. The van der Waals surface area contributed by atoms with Gasteiger partial charge < -0.3 is 9.73 Å². The maximum atomic E-state index is 12.6. The molecule has 0 aliphatic carbocycles. The Morgan fingerprint density at radius 2 is 1.61 bits per heavy atom. The Bertz CT molecular complexity index is 1220. The number of para-hydroxylation sites is 1. The summed E-state index contributed by atoms with van der Waals surface area (Å²) in [6, 6.07) is 20.1. The molecule has 0 aliphatic rings. The first kappa shape index (κ1) is 21.5. The Kier molecular flexibility index (Phi) is 6.26. The summed E-state index contributed by atoms with van der Waals surface area (Å²) in [6.07, 6.45) is 1.38. The van der Waals surface area contributed by atoms with Crippen LogP contribution in [0.15, 0.2) is 77.4 Å². The van der Waals surface area contributed by atoms with Crippen LogP contribution in [0.1, 0.15) is 26.7 Å². The van der Waals surface area contributed by atoms with Crippen LogP contribution in [0.25, 0.3) is 17.1 Å². The predicted octanol–water partition coefficient (Wildman–Crippen LogP) is 2.03. The molecule has 0 radical (unpaired) electrons. The molecule has 4 rings (SSSR count). The normalized spacial score (nSPS) is 10.5. The summed E-state index contributed by atoms with van der Waals surface area (Å²) >= 11 is 0. The van der Waals surface area contributed by atoms with Gasteiger partial charge in [0, 0.05) is 5.56 Å². The number of aromatic nitrogens is 3. The highest BCUT2D eigenvalue weighted by Gasteiger charge is 2.19. The molecule has 3 amide bonds. The SMILES string of the molecule is Cc1occc1C(=O)NCC(=O)NNC(=O)c1nc(-c2ccccc2)n(-c2ccccc2)n1. The standard InChI is InChI=1S/C23H20N6O4/c1-15-18(12-13-33-15)22(31)24-14-19(30)26-27-23(32)20-25-21(16-8-4-2-5-9-16)29(28-20)17-10-6-3-7-11-17/h2-13H,14H2,1H3,(H,24,31)(H,26,30)(H,27,32). The van der Waals surface area contributed by atoms with Gasteiger partial charge in [-0.1, -0.05) is 48.5 Å². The molecule has 2 aromatic heterocycles. The van der Waals surface area contributed by atoms with Crippen LogP contribution < -0.4 is 16.2 Å². The molecule has 33 heavy (non-hydrogen) atoms. The zero-order valence-corrected chi connectivity index (χ0v) is 17.6. The van der Waals surface area contributed by atoms with Crippen molar-refractivity contribution >= 4 is 17.7 Å². The molecular weight excluding hydrogens is 424 g/mol. The maximum absolute atomic E-state index is 12.6. The van der Waals surface area contributed by atoms with E-state index in [0.717, 1.165) is 11.3 Å². The Labute approximate surface area is 188 Å². The van der Waals surface area contributed by atoms with Gasteiger partial charge in [0.05, 0.1) is 24.1 Å². The van der Waals surface area contributed by atoms with E-state index in [-0.39, 0.29) is 12.4 Å². The topological polar surface area (TPSA) is 131 Å². The fraction of sp³-hybridized carbons (Fsp3) is 0.0870. The molecule has 0 unspecified atom stereocenters. The Balaban J connectivity index is 1.43. The van der Waals surface area contributed by atoms with Crippen molar-refractivity contribution in [3.63, 3.8) is 0 Å². The summed E-state index contributed by atoms with van der Waals surface area (Å²) in [4.78, 5) is 41.0. The largest absolute Gasteiger partial charge is 0.469 e. The number of hydrazine groups is 1. The second-order valence-electron chi connectivity index (χ2n) is 6.95. The first-order valence-corrected chi connectivity index (χ1v) is 10.0. The molecule has 0 atom stereocenters. The molecule has 0 bridgehead atoms. The van der Waals surface area contributed by atoms with Gasteiger partial charge in [-0.25, -0.2) is 9.67 Å². The van der Waals surface area contributed by atoms with Crippen molar-refractivity contribution in [3.8, 4) is 17.1 Å². The zero-order valence-electron chi connectivity index (χ0n) is 17.6. The number of furan rings is 1. The quantitative estimate of drug-likeness (QED) is 0.390. The van der Waals surface area contributed by atoms with Gasteiger partial charge in [0.25, 0.3) is 11.8 Å². The number of benzene rings is 2. The number of hydrogen-bond donors (Lipinski definition) is 3. The van der Waals surface area contributed by atoms with Gasteiger partial charge in [-0.05, 0) is 25.1 Å². The van der Waals surface area contributed by atoms with Crippen LogP contribution in [0.3, 0.4) is 0 Å². The van der Waals surface area contributed by atoms with Gasteiger partial charge in [0.1, 0.15) is 5.76 Å². The first-order chi connectivity index (χ1) is 16.0. The second kappa shape index (κ2) is 9.60. The highest BCUT2D eigenvalue weighted by atomic mass is 16.3. The third-order valence-corrected chi connectivity index (χ3v) is 4.67. The summed E-state index contributed by atoms with van der Waals surface area (Å²) < 4.78 is 6.62. The minimum absolute atomic E-state index is 0.129. The lowest BCUT2D eigenvalue weighted by Crippen LogP contribution is -2.46. The van der Waals surface area contributed by atoms with Crippen LogP contribution in [-0.4, -0.2) is 39.0 Å². The number of rotatable bonds is 6. The van der Waals surface area contributed by atoms with Crippen molar-refractivity contribution in [3.05, 3.63) is 90.1 Å². The fourth-order valence-electron chi connectivity index (χ4n) is 3.03. The van der Waals surface area contributed by atoms with Gasteiger partial charge >= 0.3 is 5.91 Å². The van der Waals surface area contributed by atoms with E-state index >= 15 is 0 Å². The van der Waals surface area contributed by atoms with Gasteiger partial charge in [-0.15, -0.1) is 5.10 Å². The van der Waals surface area contributed by atoms with E-state index in [1.807, 2.05) is 60.7 Å². The average Bonchev–Trinajstić information content (AvgIpc) is 3.49. The molecule has 10 nitrogen and oxygen atoms in total. The van der Waals surface area contributed by atoms with Crippen LogP contribution in [0.5, 0.6) is 0 Å². The van der Waals surface area contributed by atoms with Crippen molar-refractivity contribution < 1.29 is 18.8 Å². The second-order valence-corrected chi connectivity index (χ2v) is 6.95. The average molecular weight is 444 g/mol. The summed E-state index contributed by atoms with van der Waals surface area (Å²) in [5, 5.41) is 6.76. The van der Waals surface area contributed by atoms with E-state index in [4.69, 9.17) is 4.42 Å². The van der Waals surface area contributed by atoms with E-state index in [1.165, 1.54) is 12.3 Å². The Hall–Kier alpha value is -4.73.